The molecule has 1 fully saturated rings. The van der Waals surface area contributed by atoms with Crippen molar-refractivity contribution >= 4 is 21.4 Å². The second-order valence-corrected chi connectivity index (χ2v) is 8.80. The van der Waals surface area contributed by atoms with Gasteiger partial charge in [-0.15, -0.1) is 16.4 Å². The maximum atomic E-state index is 12.6. The second-order valence-electron chi connectivity index (χ2n) is 5.69. The molecule has 1 aliphatic heterocycles. The molecule has 0 bridgehead atoms. The van der Waals surface area contributed by atoms with Crippen LogP contribution in [-0.4, -0.2) is 40.8 Å². The fourth-order valence-electron chi connectivity index (χ4n) is 2.88. The van der Waals surface area contributed by atoms with Gasteiger partial charge in [-0.25, -0.2) is 13.1 Å². The number of sulfonamides is 1. The van der Waals surface area contributed by atoms with Gasteiger partial charge in [-0.1, -0.05) is 41.6 Å². The van der Waals surface area contributed by atoms with Gasteiger partial charge in [0.05, 0.1) is 12.2 Å². The van der Waals surface area contributed by atoms with Crippen LogP contribution in [0.15, 0.2) is 58.3 Å². The summed E-state index contributed by atoms with van der Waals surface area (Å²) in [7, 11) is -3.39. The monoisotopic (exact) mass is 360 g/mol. The summed E-state index contributed by atoms with van der Waals surface area (Å²) in [5.74, 6) is 0. The van der Waals surface area contributed by atoms with Crippen molar-refractivity contribution in [3.63, 3.8) is 0 Å². The van der Waals surface area contributed by atoms with Crippen LogP contribution in [0.3, 0.4) is 0 Å². The summed E-state index contributed by atoms with van der Waals surface area (Å²) >= 11 is 1.25. The summed E-state index contributed by atoms with van der Waals surface area (Å²) in [6.07, 6.45) is 2.63. The van der Waals surface area contributed by atoms with E-state index < -0.39 is 10.0 Å². The molecule has 1 saturated heterocycles. The number of aromatic nitrogens is 3. The van der Waals surface area contributed by atoms with Gasteiger partial charge >= 0.3 is 0 Å². The van der Waals surface area contributed by atoms with E-state index in [0.29, 0.717) is 17.3 Å². The van der Waals surface area contributed by atoms with Crippen LogP contribution in [-0.2, 0) is 10.0 Å². The molecule has 24 heavy (non-hydrogen) atoms. The average Bonchev–Trinajstić information content (AvgIpc) is 3.35. The van der Waals surface area contributed by atoms with Crippen molar-refractivity contribution in [1.82, 2.24) is 19.3 Å². The molecule has 0 saturated carbocycles. The molecule has 0 radical (unpaired) electrons. The number of hydrogen-bond acceptors (Lipinski definition) is 5. The quantitative estimate of drug-likeness (QED) is 0.717. The lowest BCUT2D eigenvalue weighted by Gasteiger charge is -2.15. The van der Waals surface area contributed by atoms with Crippen LogP contribution < -0.4 is 0 Å². The Morgan fingerprint density at radius 2 is 1.96 bits per heavy atom. The molecular weight excluding hydrogens is 344 g/mol. The average molecular weight is 360 g/mol. The molecule has 1 unspecified atom stereocenters. The molecule has 0 spiro atoms. The van der Waals surface area contributed by atoms with Crippen molar-refractivity contribution in [2.75, 3.05) is 13.1 Å². The Labute approximate surface area is 144 Å². The minimum atomic E-state index is -3.39. The van der Waals surface area contributed by atoms with E-state index in [4.69, 9.17) is 0 Å². The van der Waals surface area contributed by atoms with Crippen molar-refractivity contribution in [1.29, 1.82) is 0 Å². The Morgan fingerprint density at radius 3 is 2.71 bits per heavy atom. The van der Waals surface area contributed by atoms with E-state index in [1.807, 2.05) is 36.5 Å². The lowest BCUT2D eigenvalue weighted by atomic mass is 10.2. The van der Waals surface area contributed by atoms with E-state index in [0.717, 1.165) is 17.7 Å². The van der Waals surface area contributed by atoms with Crippen LogP contribution >= 0.6 is 11.3 Å². The molecule has 8 heteroatoms. The Hall–Kier alpha value is -2.03. The summed E-state index contributed by atoms with van der Waals surface area (Å²) in [6.45, 7) is 0.934. The molecule has 6 nitrogen and oxygen atoms in total. The van der Waals surface area contributed by atoms with Gasteiger partial charge in [-0.2, -0.15) is 4.31 Å². The highest BCUT2D eigenvalue weighted by atomic mass is 32.2. The Morgan fingerprint density at radius 1 is 1.12 bits per heavy atom. The molecule has 124 valence electrons. The molecule has 2 aromatic heterocycles. The molecule has 3 aromatic rings. The first-order chi connectivity index (χ1) is 11.6. The maximum Gasteiger partial charge on any atom is 0.252 e. The SMILES string of the molecule is O=S(=O)(c1cccs1)N1CCC(n2cc(-c3ccccc3)nn2)C1. The number of benzene rings is 1. The lowest BCUT2D eigenvalue weighted by Crippen LogP contribution is -2.28. The number of rotatable bonds is 4. The first kappa shape index (κ1) is 15.5. The maximum absolute atomic E-state index is 12.6. The van der Waals surface area contributed by atoms with Crippen LogP contribution in [0.2, 0.25) is 0 Å². The van der Waals surface area contributed by atoms with E-state index >= 15 is 0 Å². The van der Waals surface area contributed by atoms with Crippen LogP contribution in [0, 0.1) is 0 Å². The summed E-state index contributed by atoms with van der Waals surface area (Å²) in [6, 6.07) is 13.3. The van der Waals surface area contributed by atoms with Crippen molar-refractivity contribution in [3.8, 4) is 11.3 Å². The topological polar surface area (TPSA) is 68.1 Å². The number of nitrogens with zero attached hydrogens (tertiary/aromatic N) is 4. The minimum absolute atomic E-state index is 0.0182. The molecule has 0 amide bonds. The normalized spacial score (nSPS) is 18.9. The zero-order valence-electron chi connectivity index (χ0n) is 12.8. The molecule has 1 aliphatic rings. The summed E-state index contributed by atoms with van der Waals surface area (Å²) < 4.78 is 28.9. The van der Waals surface area contributed by atoms with E-state index in [1.165, 1.54) is 15.6 Å². The van der Waals surface area contributed by atoms with Gasteiger partial charge < -0.3 is 0 Å². The van der Waals surface area contributed by atoms with Gasteiger partial charge in [-0.3, -0.25) is 0 Å². The van der Waals surface area contributed by atoms with E-state index in [2.05, 4.69) is 10.3 Å². The van der Waals surface area contributed by atoms with Gasteiger partial charge in [0.15, 0.2) is 0 Å². The smallest absolute Gasteiger partial charge is 0.247 e. The van der Waals surface area contributed by atoms with Crippen LogP contribution in [0.5, 0.6) is 0 Å². The molecule has 0 N–H and O–H groups in total. The largest absolute Gasteiger partial charge is 0.252 e. The predicted octanol–water partition coefficient (Wildman–Crippen LogP) is 2.64. The molecule has 1 atom stereocenters. The zero-order valence-corrected chi connectivity index (χ0v) is 14.4. The van der Waals surface area contributed by atoms with Crippen molar-refractivity contribution < 1.29 is 8.42 Å². The van der Waals surface area contributed by atoms with Crippen molar-refractivity contribution in [3.05, 3.63) is 54.0 Å². The first-order valence-electron chi connectivity index (χ1n) is 7.65. The van der Waals surface area contributed by atoms with Gasteiger partial charge in [0.1, 0.15) is 9.90 Å². The third kappa shape index (κ3) is 2.77. The van der Waals surface area contributed by atoms with Gasteiger partial charge in [-0.05, 0) is 17.9 Å². The van der Waals surface area contributed by atoms with Gasteiger partial charge in [0.25, 0.3) is 10.0 Å². The van der Waals surface area contributed by atoms with Crippen molar-refractivity contribution in [2.24, 2.45) is 0 Å². The minimum Gasteiger partial charge on any atom is -0.247 e. The lowest BCUT2D eigenvalue weighted by molar-refractivity contribution is 0.429. The second kappa shape index (κ2) is 6.12. The Balaban J connectivity index is 1.53. The predicted molar refractivity (Wildman–Crippen MR) is 92.2 cm³/mol. The highest BCUT2D eigenvalue weighted by Crippen LogP contribution is 2.29. The number of thiophene rings is 1. The summed E-state index contributed by atoms with van der Waals surface area (Å²) in [5.41, 5.74) is 1.81. The van der Waals surface area contributed by atoms with E-state index in [-0.39, 0.29) is 6.04 Å². The molecule has 4 rings (SSSR count). The van der Waals surface area contributed by atoms with Crippen molar-refractivity contribution in [2.45, 2.75) is 16.7 Å². The van der Waals surface area contributed by atoms with Crippen LogP contribution in [0.4, 0.5) is 0 Å². The fraction of sp³-hybridized carbons (Fsp3) is 0.250. The summed E-state index contributed by atoms with van der Waals surface area (Å²) in [5, 5.41) is 10.2. The highest BCUT2D eigenvalue weighted by Gasteiger charge is 2.34. The van der Waals surface area contributed by atoms with Crippen LogP contribution in [0.1, 0.15) is 12.5 Å². The van der Waals surface area contributed by atoms with E-state index in [1.54, 1.807) is 22.2 Å². The Kier molecular flexibility index (Phi) is 3.95. The zero-order chi connectivity index (χ0) is 16.6. The number of hydrogen-bond donors (Lipinski definition) is 0. The first-order valence-corrected chi connectivity index (χ1v) is 9.97. The molecular formula is C16H16N4O2S2. The van der Waals surface area contributed by atoms with E-state index in [9.17, 15) is 8.42 Å². The molecule has 3 heterocycles. The molecule has 1 aromatic carbocycles. The Bertz CT molecular complexity index is 920. The third-order valence-corrected chi connectivity index (χ3v) is 7.41. The van der Waals surface area contributed by atoms with Crippen LogP contribution in [0.25, 0.3) is 11.3 Å². The fourth-order valence-corrected chi connectivity index (χ4v) is 5.52. The summed E-state index contributed by atoms with van der Waals surface area (Å²) in [4.78, 5) is 0. The third-order valence-electron chi connectivity index (χ3n) is 4.17. The van der Waals surface area contributed by atoms with Gasteiger partial charge in [0.2, 0.25) is 0 Å². The highest BCUT2D eigenvalue weighted by molar-refractivity contribution is 7.91. The van der Waals surface area contributed by atoms with Gasteiger partial charge in [0, 0.05) is 18.7 Å². The molecule has 0 aliphatic carbocycles. The standard InChI is InChI=1S/C16H16N4O2S2/c21-24(22,16-7-4-10-23-16)19-9-8-14(11-19)20-12-15(17-18-20)13-5-2-1-3-6-13/h1-7,10,12,14H,8-9,11H2.